The zero-order chi connectivity index (χ0) is 17.3. The van der Waals surface area contributed by atoms with Gasteiger partial charge in [0.25, 0.3) is 0 Å². The number of nitrogens with zero attached hydrogens (tertiary/aromatic N) is 3. The Morgan fingerprint density at radius 3 is 2.71 bits per heavy atom. The summed E-state index contributed by atoms with van der Waals surface area (Å²) in [6, 6.07) is 4.32. The molecule has 0 bridgehead atoms. The fraction of sp³-hybridized carbons (Fsp3) is 0.389. The molecule has 5 nitrogen and oxygen atoms in total. The molecule has 0 saturated carbocycles. The van der Waals surface area contributed by atoms with Crippen molar-refractivity contribution in [1.29, 1.82) is 0 Å². The normalized spacial score (nSPS) is 11.3. The van der Waals surface area contributed by atoms with E-state index in [0.29, 0.717) is 12.2 Å². The Morgan fingerprint density at radius 2 is 2.00 bits per heavy atom. The van der Waals surface area contributed by atoms with E-state index in [4.69, 9.17) is 10.1 Å². The zero-order valence-corrected chi connectivity index (χ0v) is 15.0. The quantitative estimate of drug-likeness (QED) is 0.740. The van der Waals surface area contributed by atoms with Crippen LogP contribution in [0.3, 0.4) is 0 Å². The van der Waals surface area contributed by atoms with E-state index in [0.717, 1.165) is 34.7 Å². The van der Waals surface area contributed by atoms with Gasteiger partial charge in [-0.05, 0) is 43.5 Å². The predicted molar refractivity (Wildman–Crippen MR) is 95.8 cm³/mol. The Balaban J connectivity index is 2.00. The maximum absolute atomic E-state index is 10.8. The Labute approximate surface area is 145 Å². The van der Waals surface area contributed by atoms with Crippen molar-refractivity contribution in [3.8, 4) is 0 Å². The van der Waals surface area contributed by atoms with Crippen LogP contribution >= 0.6 is 11.3 Å². The van der Waals surface area contributed by atoms with Gasteiger partial charge in [-0.15, -0.1) is 11.3 Å². The molecular formula is C18H21N3O2S. The second-order valence-electron chi connectivity index (χ2n) is 6.09. The van der Waals surface area contributed by atoms with Gasteiger partial charge in [-0.25, -0.2) is 9.97 Å². The summed E-state index contributed by atoms with van der Waals surface area (Å²) in [5, 5.41) is 11.6. The van der Waals surface area contributed by atoms with E-state index in [-0.39, 0.29) is 6.42 Å². The molecule has 3 rings (SSSR count). The van der Waals surface area contributed by atoms with Crippen LogP contribution in [-0.2, 0) is 24.2 Å². The van der Waals surface area contributed by atoms with Crippen LogP contribution in [0.1, 0.15) is 41.0 Å². The first-order valence-electron chi connectivity index (χ1n) is 8.09. The summed E-state index contributed by atoms with van der Waals surface area (Å²) in [7, 11) is 0. The molecule has 0 aliphatic carbocycles. The smallest absolute Gasteiger partial charge is 0.309 e. The Morgan fingerprint density at radius 1 is 1.25 bits per heavy atom. The number of aromatic nitrogens is 3. The number of imidazole rings is 1. The van der Waals surface area contributed by atoms with Crippen molar-refractivity contribution in [2.75, 3.05) is 0 Å². The molecule has 0 radical (unpaired) electrons. The first-order chi connectivity index (χ1) is 11.5. The number of aliphatic carboxylic acids is 1. The number of benzene rings is 1. The van der Waals surface area contributed by atoms with Crippen molar-refractivity contribution in [2.45, 2.75) is 46.6 Å². The monoisotopic (exact) mass is 343 g/mol. The molecule has 0 atom stereocenters. The van der Waals surface area contributed by atoms with Gasteiger partial charge < -0.3 is 9.67 Å². The first-order valence-corrected chi connectivity index (χ1v) is 8.97. The van der Waals surface area contributed by atoms with Crippen molar-refractivity contribution in [3.63, 3.8) is 0 Å². The van der Waals surface area contributed by atoms with E-state index < -0.39 is 5.97 Å². The highest BCUT2D eigenvalue weighted by atomic mass is 32.1. The number of carboxylic acids is 1. The number of aryl methyl sites for hydroxylation is 3. The second kappa shape index (κ2) is 6.73. The summed E-state index contributed by atoms with van der Waals surface area (Å²) >= 11 is 1.51. The highest BCUT2D eigenvalue weighted by Gasteiger charge is 2.14. The highest BCUT2D eigenvalue weighted by Crippen LogP contribution is 2.23. The van der Waals surface area contributed by atoms with Crippen molar-refractivity contribution in [1.82, 2.24) is 14.5 Å². The summed E-state index contributed by atoms with van der Waals surface area (Å²) in [5.41, 5.74) is 5.25. The third kappa shape index (κ3) is 3.33. The lowest BCUT2D eigenvalue weighted by atomic mass is 10.1. The lowest BCUT2D eigenvalue weighted by molar-refractivity contribution is -0.136. The van der Waals surface area contributed by atoms with Crippen LogP contribution in [0.5, 0.6) is 0 Å². The topological polar surface area (TPSA) is 68.0 Å². The first kappa shape index (κ1) is 16.6. The molecule has 1 N–H and O–H groups in total. The molecule has 3 aromatic rings. The molecule has 0 aliphatic rings. The molecule has 0 aliphatic heterocycles. The van der Waals surface area contributed by atoms with Crippen molar-refractivity contribution in [2.24, 2.45) is 0 Å². The highest BCUT2D eigenvalue weighted by molar-refractivity contribution is 7.09. The molecule has 6 heteroatoms. The van der Waals surface area contributed by atoms with E-state index in [1.165, 1.54) is 22.5 Å². The summed E-state index contributed by atoms with van der Waals surface area (Å²) in [6.45, 7) is 7.00. The number of rotatable bonds is 6. The molecule has 0 saturated heterocycles. The van der Waals surface area contributed by atoms with Crippen molar-refractivity contribution in [3.05, 3.63) is 45.2 Å². The van der Waals surface area contributed by atoms with Crippen LogP contribution in [0.15, 0.2) is 17.5 Å². The average molecular weight is 343 g/mol. The van der Waals surface area contributed by atoms with Gasteiger partial charge in [0.1, 0.15) is 10.8 Å². The molecule has 2 aromatic heterocycles. The lowest BCUT2D eigenvalue weighted by Gasteiger charge is -2.07. The van der Waals surface area contributed by atoms with Gasteiger partial charge in [-0.2, -0.15) is 0 Å². The van der Waals surface area contributed by atoms with E-state index >= 15 is 0 Å². The predicted octanol–water partition coefficient (Wildman–Crippen LogP) is 3.74. The fourth-order valence-corrected chi connectivity index (χ4v) is 3.60. The molecule has 0 unspecified atom stereocenters. The minimum atomic E-state index is -0.849. The molecule has 126 valence electrons. The number of thiazole rings is 1. The van der Waals surface area contributed by atoms with Crippen LogP contribution in [0.25, 0.3) is 11.0 Å². The van der Waals surface area contributed by atoms with E-state index in [1.807, 2.05) is 5.38 Å². The molecule has 0 spiro atoms. The Bertz CT molecular complexity index is 895. The van der Waals surface area contributed by atoms with E-state index in [2.05, 4.69) is 42.5 Å². The Kier molecular flexibility index (Phi) is 4.66. The summed E-state index contributed by atoms with van der Waals surface area (Å²) in [4.78, 5) is 20.1. The van der Waals surface area contributed by atoms with Crippen LogP contribution in [-0.4, -0.2) is 25.6 Å². The van der Waals surface area contributed by atoms with Crippen LogP contribution in [0, 0.1) is 13.8 Å². The maximum atomic E-state index is 10.8. The van der Waals surface area contributed by atoms with E-state index in [1.54, 1.807) is 0 Å². The summed E-state index contributed by atoms with van der Waals surface area (Å²) in [6.07, 6.45) is 1.92. The molecule has 1 aromatic carbocycles. The largest absolute Gasteiger partial charge is 0.481 e. The minimum Gasteiger partial charge on any atom is -0.481 e. The van der Waals surface area contributed by atoms with Gasteiger partial charge in [0.15, 0.2) is 0 Å². The Hall–Kier alpha value is -2.21. The fourth-order valence-electron chi connectivity index (χ4n) is 2.81. The van der Waals surface area contributed by atoms with Crippen LogP contribution in [0.4, 0.5) is 0 Å². The number of hydrogen-bond donors (Lipinski definition) is 1. The molecule has 24 heavy (non-hydrogen) atoms. The van der Waals surface area contributed by atoms with Gasteiger partial charge in [0.2, 0.25) is 0 Å². The van der Waals surface area contributed by atoms with Crippen LogP contribution < -0.4 is 0 Å². The average Bonchev–Trinajstić information content (AvgIpc) is 3.06. The number of carbonyl (C=O) groups is 1. The summed E-state index contributed by atoms with van der Waals surface area (Å²) in [5.74, 6) is 0.213. The second-order valence-corrected chi connectivity index (χ2v) is 7.04. The van der Waals surface area contributed by atoms with Gasteiger partial charge in [-0.1, -0.05) is 6.92 Å². The third-order valence-electron chi connectivity index (χ3n) is 4.14. The minimum absolute atomic E-state index is 0.0265. The molecule has 0 amide bonds. The number of hydrogen-bond acceptors (Lipinski definition) is 4. The molecule has 2 heterocycles. The van der Waals surface area contributed by atoms with Gasteiger partial charge in [0.05, 0.1) is 29.7 Å². The number of carboxylic acid groups (broad SMARTS) is 1. The zero-order valence-electron chi connectivity index (χ0n) is 14.2. The van der Waals surface area contributed by atoms with Crippen LogP contribution in [0.2, 0.25) is 0 Å². The van der Waals surface area contributed by atoms with Crippen molar-refractivity contribution < 1.29 is 9.90 Å². The molecule has 0 fully saturated rings. The van der Waals surface area contributed by atoms with Gasteiger partial charge >= 0.3 is 5.97 Å². The lowest BCUT2D eigenvalue weighted by Crippen LogP contribution is -2.06. The maximum Gasteiger partial charge on any atom is 0.309 e. The number of fused-ring (bicyclic) bond motifs is 1. The van der Waals surface area contributed by atoms with Gasteiger partial charge in [-0.3, -0.25) is 4.79 Å². The molecular weight excluding hydrogens is 322 g/mol. The standard InChI is InChI=1S/C18H21N3O2S/c1-4-5-16-20-14-6-11(2)12(3)7-15(14)21(16)9-17-19-13(10-24-17)8-18(22)23/h6-7,10H,4-5,8-9H2,1-3H3,(H,22,23). The van der Waals surface area contributed by atoms with Gasteiger partial charge in [0, 0.05) is 11.8 Å². The SMILES string of the molecule is CCCc1nc2cc(C)c(C)cc2n1Cc1nc(CC(=O)O)cs1. The van der Waals surface area contributed by atoms with E-state index in [9.17, 15) is 4.79 Å². The third-order valence-corrected chi connectivity index (χ3v) is 5.02. The van der Waals surface area contributed by atoms with Crippen molar-refractivity contribution >= 4 is 28.3 Å². The summed E-state index contributed by atoms with van der Waals surface area (Å²) < 4.78 is 2.22.